The molecule has 1 amide bonds. The third-order valence-electron chi connectivity index (χ3n) is 3.05. The van der Waals surface area contributed by atoms with Gasteiger partial charge in [0.25, 0.3) is 5.91 Å². The van der Waals surface area contributed by atoms with Crippen molar-refractivity contribution in [2.45, 2.75) is 26.3 Å². The van der Waals surface area contributed by atoms with Crippen LogP contribution in [0, 0.1) is 6.92 Å². The highest BCUT2D eigenvalue weighted by Crippen LogP contribution is 2.15. The molecule has 1 N–H and O–H groups in total. The fraction of sp³-hybridized carbons (Fsp3) is 0.312. The molecule has 5 nitrogen and oxygen atoms in total. The predicted octanol–water partition coefficient (Wildman–Crippen LogP) is 2.79. The van der Waals surface area contributed by atoms with Crippen LogP contribution in [0.2, 0.25) is 0 Å². The Morgan fingerprint density at radius 1 is 1.17 bits per heavy atom. The lowest BCUT2D eigenvalue weighted by atomic mass is 10.1. The van der Waals surface area contributed by atoms with E-state index in [1.54, 1.807) is 37.3 Å². The summed E-state index contributed by atoms with van der Waals surface area (Å²) >= 11 is 0. The van der Waals surface area contributed by atoms with E-state index >= 15 is 0 Å². The van der Waals surface area contributed by atoms with Gasteiger partial charge in [-0.15, -0.1) is 0 Å². The van der Waals surface area contributed by atoms with Crippen molar-refractivity contribution < 1.29 is 22.7 Å². The topological polar surface area (TPSA) is 64.1 Å². The highest BCUT2D eigenvalue weighted by Gasteiger charge is 2.27. The highest BCUT2D eigenvalue weighted by molar-refractivity contribution is 5.92. The van der Waals surface area contributed by atoms with Gasteiger partial charge in [0.2, 0.25) is 0 Å². The zero-order valence-electron chi connectivity index (χ0n) is 12.9. The molecule has 1 aromatic carbocycles. The third-order valence-corrected chi connectivity index (χ3v) is 3.05. The number of carbonyl (C=O) groups is 1. The van der Waals surface area contributed by atoms with Crippen molar-refractivity contribution in [3.8, 4) is 0 Å². The molecule has 0 radical (unpaired) electrons. The highest BCUT2D eigenvalue weighted by atomic mass is 19.4. The monoisotopic (exact) mass is 339 g/mol. The number of benzene rings is 1. The maximum Gasteiger partial charge on any atom is 0.411 e. The summed E-state index contributed by atoms with van der Waals surface area (Å²) in [5.41, 5.74) is 2.41. The first-order valence-electron chi connectivity index (χ1n) is 7.12. The number of carbonyl (C=O) groups excluding carboxylic acids is 1. The van der Waals surface area contributed by atoms with Gasteiger partial charge in [-0.3, -0.25) is 4.79 Å². The molecule has 0 bridgehead atoms. The van der Waals surface area contributed by atoms with Crippen LogP contribution in [0.5, 0.6) is 0 Å². The second-order valence-electron chi connectivity index (χ2n) is 5.15. The number of alkyl halides is 3. The molecular weight excluding hydrogens is 323 g/mol. The van der Waals surface area contributed by atoms with E-state index in [0.717, 1.165) is 5.56 Å². The van der Waals surface area contributed by atoms with E-state index in [1.165, 1.54) is 6.33 Å². The van der Waals surface area contributed by atoms with Crippen molar-refractivity contribution in [1.29, 1.82) is 0 Å². The van der Waals surface area contributed by atoms with Gasteiger partial charge in [0, 0.05) is 12.2 Å². The molecule has 0 fully saturated rings. The fourth-order valence-corrected chi connectivity index (χ4v) is 1.89. The number of nitrogens with one attached hydrogen (secondary N) is 1. The molecule has 1 heterocycles. The number of amides is 1. The average Bonchev–Trinajstić information content (AvgIpc) is 2.52. The quantitative estimate of drug-likeness (QED) is 0.879. The van der Waals surface area contributed by atoms with Gasteiger partial charge >= 0.3 is 6.18 Å². The van der Waals surface area contributed by atoms with Gasteiger partial charge in [-0.25, -0.2) is 9.97 Å². The molecule has 0 saturated carbocycles. The zero-order chi connectivity index (χ0) is 17.6. The van der Waals surface area contributed by atoms with Gasteiger partial charge in [-0.1, -0.05) is 24.3 Å². The zero-order valence-corrected chi connectivity index (χ0v) is 12.9. The van der Waals surface area contributed by atoms with E-state index in [4.69, 9.17) is 0 Å². The molecule has 2 rings (SSSR count). The molecule has 0 atom stereocenters. The molecular formula is C16H16F3N3O2. The SMILES string of the molecule is Cc1cc(C(=O)NCc2ccc(COCC(F)(F)F)cc2)ncn1. The van der Waals surface area contributed by atoms with E-state index in [0.29, 0.717) is 11.3 Å². The van der Waals surface area contributed by atoms with E-state index in [-0.39, 0.29) is 24.8 Å². The Bertz CT molecular complexity index is 688. The van der Waals surface area contributed by atoms with Crippen molar-refractivity contribution in [2.75, 3.05) is 6.61 Å². The maximum absolute atomic E-state index is 12.0. The molecule has 0 unspecified atom stereocenters. The normalized spacial score (nSPS) is 11.3. The summed E-state index contributed by atoms with van der Waals surface area (Å²) in [6.45, 7) is 0.652. The van der Waals surface area contributed by atoms with Crippen LogP contribution < -0.4 is 5.32 Å². The molecule has 8 heteroatoms. The molecule has 0 spiro atoms. The van der Waals surface area contributed by atoms with Crippen molar-refractivity contribution in [3.05, 3.63) is 59.2 Å². The van der Waals surface area contributed by atoms with E-state index in [1.807, 2.05) is 0 Å². The minimum Gasteiger partial charge on any atom is -0.367 e. The average molecular weight is 339 g/mol. The Morgan fingerprint density at radius 2 is 1.83 bits per heavy atom. The van der Waals surface area contributed by atoms with Crippen molar-refractivity contribution in [1.82, 2.24) is 15.3 Å². The summed E-state index contributed by atoms with van der Waals surface area (Å²) in [5.74, 6) is -0.321. The Hall–Kier alpha value is -2.48. The molecule has 0 saturated heterocycles. The summed E-state index contributed by atoms with van der Waals surface area (Å²) < 4.78 is 40.5. The van der Waals surface area contributed by atoms with Crippen LogP contribution in [0.4, 0.5) is 13.2 Å². The first kappa shape index (κ1) is 17.9. The minimum absolute atomic E-state index is 0.119. The maximum atomic E-state index is 12.0. The predicted molar refractivity (Wildman–Crippen MR) is 80.1 cm³/mol. The number of aryl methyl sites for hydroxylation is 1. The molecule has 0 aliphatic rings. The largest absolute Gasteiger partial charge is 0.411 e. The number of ether oxygens (including phenoxy) is 1. The van der Waals surface area contributed by atoms with Crippen LogP contribution in [0.15, 0.2) is 36.7 Å². The van der Waals surface area contributed by atoms with Crippen LogP contribution in [-0.4, -0.2) is 28.7 Å². The molecule has 0 aliphatic heterocycles. The van der Waals surface area contributed by atoms with Crippen LogP contribution in [0.25, 0.3) is 0 Å². The summed E-state index contributed by atoms with van der Waals surface area (Å²) in [6, 6.07) is 8.34. The summed E-state index contributed by atoms with van der Waals surface area (Å²) in [4.78, 5) is 19.7. The van der Waals surface area contributed by atoms with Gasteiger partial charge in [-0.2, -0.15) is 13.2 Å². The fourth-order valence-electron chi connectivity index (χ4n) is 1.89. The van der Waals surface area contributed by atoms with Crippen molar-refractivity contribution in [3.63, 3.8) is 0 Å². The number of nitrogens with zero attached hydrogens (tertiary/aromatic N) is 2. The van der Waals surface area contributed by atoms with Gasteiger partial charge < -0.3 is 10.1 Å². The lowest BCUT2D eigenvalue weighted by Crippen LogP contribution is -2.24. The minimum atomic E-state index is -4.33. The Labute approximate surface area is 136 Å². The molecule has 128 valence electrons. The first-order valence-corrected chi connectivity index (χ1v) is 7.12. The number of hydrogen-bond donors (Lipinski definition) is 1. The van der Waals surface area contributed by atoms with Crippen LogP contribution in [0.1, 0.15) is 27.3 Å². The first-order chi connectivity index (χ1) is 11.3. The third kappa shape index (κ3) is 5.96. The number of aromatic nitrogens is 2. The molecule has 2 aromatic rings. The van der Waals surface area contributed by atoms with Crippen molar-refractivity contribution >= 4 is 5.91 Å². The smallest absolute Gasteiger partial charge is 0.367 e. The summed E-state index contributed by atoms with van der Waals surface area (Å²) in [6.07, 6.45) is -3.01. The van der Waals surface area contributed by atoms with Gasteiger partial charge in [0.15, 0.2) is 0 Å². The lowest BCUT2D eigenvalue weighted by molar-refractivity contribution is -0.176. The van der Waals surface area contributed by atoms with Gasteiger partial charge in [-0.05, 0) is 24.1 Å². The standard InChI is InChI=1S/C16H16F3N3O2/c1-11-6-14(22-10-21-11)15(23)20-7-12-2-4-13(5-3-12)8-24-9-16(17,18)19/h2-6,10H,7-9H2,1H3,(H,20,23). The summed E-state index contributed by atoms with van der Waals surface area (Å²) in [7, 11) is 0. The second kappa shape index (κ2) is 7.87. The summed E-state index contributed by atoms with van der Waals surface area (Å²) in [5, 5.41) is 2.72. The Balaban J connectivity index is 1.82. The number of rotatable bonds is 6. The number of hydrogen-bond acceptors (Lipinski definition) is 4. The van der Waals surface area contributed by atoms with E-state index < -0.39 is 12.8 Å². The van der Waals surface area contributed by atoms with E-state index in [9.17, 15) is 18.0 Å². The van der Waals surface area contributed by atoms with Crippen LogP contribution >= 0.6 is 0 Å². The van der Waals surface area contributed by atoms with Crippen LogP contribution in [0.3, 0.4) is 0 Å². The van der Waals surface area contributed by atoms with Gasteiger partial charge in [0.1, 0.15) is 18.6 Å². The van der Waals surface area contributed by atoms with Crippen molar-refractivity contribution in [2.24, 2.45) is 0 Å². The molecule has 1 aromatic heterocycles. The Morgan fingerprint density at radius 3 is 2.46 bits per heavy atom. The van der Waals surface area contributed by atoms with Crippen LogP contribution in [-0.2, 0) is 17.9 Å². The molecule has 0 aliphatic carbocycles. The second-order valence-corrected chi connectivity index (χ2v) is 5.15. The number of halogens is 3. The van der Waals surface area contributed by atoms with Gasteiger partial charge in [0.05, 0.1) is 6.61 Å². The lowest BCUT2D eigenvalue weighted by Gasteiger charge is -2.09. The Kier molecular flexibility index (Phi) is 5.86. The molecule has 24 heavy (non-hydrogen) atoms. The van der Waals surface area contributed by atoms with E-state index in [2.05, 4.69) is 20.0 Å².